The van der Waals surface area contributed by atoms with Gasteiger partial charge in [-0.05, 0) is 30.4 Å². The molecule has 1 heterocycles. The van der Waals surface area contributed by atoms with Crippen molar-refractivity contribution in [3.8, 4) is 5.75 Å². The van der Waals surface area contributed by atoms with Gasteiger partial charge in [0.05, 0.1) is 4.90 Å². The summed E-state index contributed by atoms with van der Waals surface area (Å²) < 4.78 is 27.4. The predicted molar refractivity (Wildman–Crippen MR) is 60.2 cm³/mol. The number of ether oxygens (including phenoxy) is 1. The summed E-state index contributed by atoms with van der Waals surface area (Å²) in [5.41, 5.74) is 11.6. The predicted octanol–water partition coefficient (Wildman–Crippen LogP) is 0.591. The van der Waals surface area contributed by atoms with Crippen LogP contribution in [0.2, 0.25) is 0 Å². The Bertz CT molecular complexity index is 566. The third-order valence-corrected chi connectivity index (χ3v) is 3.42. The Morgan fingerprint density at radius 3 is 2.62 bits per heavy atom. The van der Waals surface area contributed by atoms with E-state index in [0.717, 1.165) is 0 Å². The van der Waals surface area contributed by atoms with Crippen LogP contribution < -0.4 is 16.2 Å². The Hall–Kier alpha value is -1.08. The number of halogens is 1. The summed E-state index contributed by atoms with van der Waals surface area (Å²) in [6, 6.07) is 4.18. The van der Waals surface area contributed by atoms with E-state index in [0.29, 0.717) is 11.3 Å². The van der Waals surface area contributed by atoms with Crippen LogP contribution in [0.3, 0.4) is 0 Å². The maximum atomic E-state index is 11.1. The van der Waals surface area contributed by atoms with Crippen LogP contribution in [0.15, 0.2) is 29.2 Å². The second-order valence-electron chi connectivity index (χ2n) is 3.43. The average Bonchev–Trinajstić information content (AvgIpc) is 2.14. The quantitative estimate of drug-likeness (QED) is 0.569. The van der Waals surface area contributed by atoms with Crippen molar-refractivity contribution in [1.82, 2.24) is 0 Å². The summed E-state index contributed by atoms with van der Waals surface area (Å²) in [7, 11) is 1.47. The fraction of sp³-hybridized carbons (Fsp3) is 0.111. The molecule has 86 valence electrons. The van der Waals surface area contributed by atoms with Gasteiger partial charge in [0.25, 0.3) is 9.05 Å². The molecule has 0 aliphatic carbocycles. The molecule has 1 aliphatic rings. The van der Waals surface area contributed by atoms with Crippen LogP contribution in [0.4, 0.5) is 0 Å². The molecule has 0 spiro atoms. The minimum atomic E-state index is -3.74. The van der Waals surface area contributed by atoms with Crippen LogP contribution >= 0.6 is 10.7 Å². The van der Waals surface area contributed by atoms with E-state index < -0.39 is 14.9 Å². The van der Waals surface area contributed by atoms with Gasteiger partial charge in [-0.15, -0.1) is 0 Å². The van der Waals surface area contributed by atoms with E-state index in [-0.39, 0.29) is 4.90 Å². The standard InChI is InChI=1S/C9H9ClN2O3S/c10-16(13,14)7-1-2-8-6(5-7)3-4-9(11,12)15-8/h1-5H,11-12H2. The maximum absolute atomic E-state index is 11.1. The summed E-state index contributed by atoms with van der Waals surface area (Å²) >= 11 is 0. The number of rotatable bonds is 1. The van der Waals surface area contributed by atoms with E-state index in [4.69, 9.17) is 26.9 Å². The van der Waals surface area contributed by atoms with Crippen molar-refractivity contribution in [2.24, 2.45) is 11.5 Å². The van der Waals surface area contributed by atoms with E-state index in [1.54, 1.807) is 6.08 Å². The SMILES string of the molecule is NC1(N)C=Cc2cc(S(=O)(=O)Cl)ccc2O1. The molecule has 5 nitrogen and oxygen atoms in total. The zero-order valence-corrected chi connectivity index (χ0v) is 9.62. The average molecular weight is 261 g/mol. The van der Waals surface area contributed by atoms with Gasteiger partial charge >= 0.3 is 0 Å². The van der Waals surface area contributed by atoms with E-state index in [9.17, 15) is 8.42 Å². The topological polar surface area (TPSA) is 95.4 Å². The maximum Gasteiger partial charge on any atom is 0.261 e. The van der Waals surface area contributed by atoms with E-state index in [1.807, 2.05) is 0 Å². The van der Waals surface area contributed by atoms with Crippen LogP contribution in [0.5, 0.6) is 5.75 Å². The van der Waals surface area contributed by atoms with E-state index in [2.05, 4.69) is 0 Å². The second kappa shape index (κ2) is 3.46. The number of hydrogen-bond acceptors (Lipinski definition) is 5. The fourth-order valence-electron chi connectivity index (χ4n) is 1.35. The van der Waals surface area contributed by atoms with E-state index >= 15 is 0 Å². The van der Waals surface area contributed by atoms with Crippen LogP contribution in [-0.2, 0) is 9.05 Å². The minimum absolute atomic E-state index is 0.00251. The van der Waals surface area contributed by atoms with E-state index in [1.165, 1.54) is 24.3 Å². The molecule has 1 aliphatic heterocycles. The zero-order chi connectivity index (χ0) is 12.0. The number of hydrogen-bond donors (Lipinski definition) is 2. The van der Waals surface area contributed by atoms with Gasteiger partial charge in [-0.1, -0.05) is 0 Å². The lowest BCUT2D eigenvalue weighted by Crippen LogP contribution is -2.53. The molecule has 1 aromatic carbocycles. The van der Waals surface area contributed by atoms with Gasteiger partial charge in [0.1, 0.15) is 5.75 Å². The van der Waals surface area contributed by atoms with Gasteiger partial charge in [-0.2, -0.15) is 0 Å². The van der Waals surface area contributed by atoms with Crippen molar-refractivity contribution >= 4 is 25.8 Å². The molecule has 0 unspecified atom stereocenters. The Kier molecular flexibility index (Phi) is 2.47. The van der Waals surface area contributed by atoms with Gasteiger partial charge in [0, 0.05) is 16.2 Å². The zero-order valence-electron chi connectivity index (χ0n) is 8.05. The Morgan fingerprint density at radius 2 is 2.00 bits per heavy atom. The van der Waals surface area contributed by atoms with Gasteiger partial charge in [0.15, 0.2) is 0 Å². The van der Waals surface area contributed by atoms with Crippen LogP contribution in [-0.4, -0.2) is 14.3 Å². The van der Waals surface area contributed by atoms with Crippen molar-refractivity contribution < 1.29 is 13.2 Å². The van der Waals surface area contributed by atoms with Crippen molar-refractivity contribution in [3.63, 3.8) is 0 Å². The number of benzene rings is 1. The highest BCUT2D eigenvalue weighted by molar-refractivity contribution is 8.13. The molecule has 16 heavy (non-hydrogen) atoms. The van der Waals surface area contributed by atoms with Gasteiger partial charge in [-0.25, -0.2) is 8.42 Å². The van der Waals surface area contributed by atoms with Crippen molar-refractivity contribution in [1.29, 1.82) is 0 Å². The lowest BCUT2D eigenvalue weighted by Gasteiger charge is -2.26. The summed E-state index contributed by atoms with van der Waals surface area (Å²) in [5, 5.41) is 0. The lowest BCUT2D eigenvalue weighted by atomic mass is 10.1. The highest BCUT2D eigenvalue weighted by atomic mass is 35.7. The second-order valence-corrected chi connectivity index (χ2v) is 5.99. The first kappa shape index (κ1) is 11.4. The molecule has 0 atom stereocenters. The summed E-state index contributed by atoms with van der Waals surface area (Å²) in [6.45, 7) is 0. The van der Waals surface area contributed by atoms with Crippen LogP contribution in [0.25, 0.3) is 6.08 Å². The van der Waals surface area contributed by atoms with Crippen molar-refractivity contribution in [3.05, 3.63) is 29.8 Å². The van der Waals surface area contributed by atoms with Gasteiger partial charge < -0.3 is 4.74 Å². The third kappa shape index (κ3) is 2.19. The van der Waals surface area contributed by atoms with Crippen LogP contribution in [0.1, 0.15) is 5.56 Å². The summed E-state index contributed by atoms with van der Waals surface area (Å²) in [5.74, 6) is -0.953. The molecule has 0 saturated heterocycles. The molecule has 2 rings (SSSR count). The fourth-order valence-corrected chi connectivity index (χ4v) is 2.13. The summed E-state index contributed by atoms with van der Waals surface area (Å²) in [6.07, 6.45) is 3.02. The van der Waals surface area contributed by atoms with Crippen molar-refractivity contribution in [2.45, 2.75) is 10.7 Å². The lowest BCUT2D eigenvalue weighted by molar-refractivity contribution is 0.132. The molecular weight excluding hydrogens is 252 g/mol. The first-order valence-electron chi connectivity index (χ1n) is 4.33. The smallest absolute Gasteiger partial charge is 0.261 e. The van der Waals surface area contributed by atoms with Gasteiger partial charge in [-0.3, -0.25) is 11.5 Å². The third-order valence-electron chi connectivity index (χ3n) is 2.07. The number of nitrogens with two attached hydrogens (primary N) is 2. The Morgan fingerprint density at radius 1 is 1.31 bits per heavy atom. The molecule has 0 aromatic heterocycles. The first-order chi connectivity index (χ1) is 7.28. The van der Waals surface area contributed by atoms with Crippen molar-refractivity contribution in [2.75, 3.05) is 0 Å². The molecule has 7 heteroatoms. The monoisotopic (exact) mass is 260 g/mol. The molecule has 0 fully saturated rings. The molecule has 0 saturated carbocycles. The molecular formula is C9H9ClN2O3S. The van der Waals surface area contributed by atoms with Gasteiger partial charge in [0.2, 0.25) is 5.85 Å². The Balaban J connectivity index is 2.51. The Labute approximate surface area is 97.1 Å². The highest BCUT2D eigenvalue weighted by Gasteiger charge is 2.23. The largest absolute Gasteiger partial charge is 0.456 e. The molecule has 0 radical (unpaired) electrons. The normalized spacial score (nSPS) is 17.7. The van der Waals surface area contributed by atoms with Crippen LogP contribution in [0, 0.1) is 0 Å². The number of fused-ring (bicyclic) bond motifs is 1. The first-order valence-corrected chi connectivity index (χ1v) is 6.64. The summed E-state index contributed by atoms with van der Waals surface area (Å²) in [4.78, 5) is 0.00251. The molecule has 0 amide bonds. The molecule has 0 bridgehead atoms. The molecule has 4 N–H and O–H groups in total. The minimum Gasteiger partial charge on any atom is -0.456 e. The molecule has 1 aromatic rings. The highest BCUT2D eigenvalue weighted by Crippen LogP contribution is 2.30.